The molecule has 0 atom stereocenters. The van der Waals surface area contributed by atoms with E-state index in [1.54, 1.807) is 20.8 Å². The lowest BCUT2D eigenvalue weighted by Gasteiger charge is -2.19. The van der Waals surface area contributed by atoms with Gasteiger partial charge in [-0.2, -0.15) is 8.42 Å². The Balaban J connectivity index is 3.39. The third-order valence-corrected chi connectivity index (χ3v) is 3.35. The number of carbonyl (C=O) groups is 1. The topological polar surface area (TPSA) is 105 Å². The van der Waals surface area contributed by atoms with Crippen LogP contribution in [-0.4, -0.2) is 49.3 Å². The predicted octanol–water partition coefficient (Wildman–Crippen LogP) is 1.03. The number of amides is 1. The molecule has 0 fully saturated rings. The van der Waals surface area contributed by atoms with Gasteiger partial charge in [0.2, 0.25) is 0 Å². The summed E-state index contributed by atoms with van der Waals surface area (Å²) >= 11 is 1.34. The molecule has 0 aliphatic rings. The van der Waals surface area contributed by atoms with Gasteiger partial charge in [0.15, 0.2) is 0 Å². The van der Waals surface area contributed by atoms with Crippen LogP contribution in [0.15, 0.2) is 0 Å². The molecule has 0 aromatic carbocycles. The maximum atomic E-state index is 11.2. The first kappa shape index (κ1) is 18.5. The maximum absolute atomic E-state index is 11.2. The van der Waals surface area contributed by atoms with Gasteiger partial charge in [-0.05, 0) is 27.2 Å². The predicted molar refractivity (Wildman–Crippen MR) is 75.7 cm³/mol. The van der Waals surface area contributed by atoms with Crippen LogP contribution in [0.3, 0.4) is 0 Å². The van der Waals surface area contributed by atoms with Crippen LogP contribution in [0.5, 0.6) is 0 Å². The molecule has 0 aliphatic heterocycles. The van der Waals surface area contributed by atoms with Gasteiger partial charge in [0.25, 0.3) is 10.1 Å². The van der Waals surface area contributed by atoms with Crippen molar-refractivity contribution < 1.29 is 22.5 Å². The molecule has 3 N–H and O–H groups in total. The molecule has 7 nitrogen and oxygen atoms in total. The quantitative estimate of drug-likeness (QED) is 0.349. The smallest absolute Gasteiger partial charge is 0.407 e. The second-order valence-corrected chi connectivity index (χ2v) is 7.37. The van der Waals surface area contributed by atoms with Crippen LogP contribution < -0.4 is 10.0 Å². The van der Waals surface area contributed by atoms with E-state index in [-0.39, 0.29) is 5.75 Å². The minimum absolute atomic E-state index is 0.238. The van der Waals surface area contributed by atoms with E-state index < -0.39 is 21.8 Å². The van der Waals surface area contributed by atoms with Gasteiger partial charge >= 0.3 is 6.09 Å². The van der Waals surface area contributed by atoms with E-state index in [1.165, 1.54) is 11.9 Å². The van der Waals surface area contributed by atoms with Crippen molar-refractivity contribution in [3.8, 4) is 0 Å². The normalized spacial score (nSPS) is 12.2. The molecule has 0 rings (SSSR count). The number of rotatable bonds is 8. The van der Waals surface area contributed by atoms with Crippen molar-refractivity contribution in [1.82, 2.24) is 10.0 Å². The van der Waals surface area contributed by atoms with Crippen LogP contribution in [0, 0.1) is 0 Å². The van der Waals surface area contributed by atoms with Gasteiger partial charge in [0.05, 0.1) is 5.75 Å². The average Bonchev–Trinajstić information content (AvgIpc) is 2.17. The fourth-order valence-electron chi connectivity index (χ4n) is 0.988. The van der Waals surface area contributed by atoms with E-state index in [4.69, 9.17) is 9.29 Å². The summed E-state index contributed by atoms with van der Waals surface area (Å²) in [5.74, 6) is 0.323. The Bertz CT molecular complexity index is 365. The summed E-state index contributed by atoms with van der Waals surface area (Å²) in [6.07, 6.45) is -0.0959. The lowest BCUT2D eigenvalue weighted by molar-refractivity contribution is 0.0529. The van der Waals surface area contributed by atoms with Gasteiger partial charge in [0, 0.05) is 18.8 Å². The first-order valence-corrected chi connectivity index (χ1v) is 8.46. The van der Waals surface area contributed by atoms with E-state index >= 15 is 0 Å². The van der Waals surface area contributed by atoms with Gasteiger partial charge in [-0.25, -0.2) is 4.79 Å². The Labute approximate surface area is 118 Å². The van der Waals surface area contributed by atoms with E-state index in [2.05, 4.69) is 10.0 Å². The van der Waals surface area contributed by atoms with Gasteiger partial charge in [-0.15, -0.1) is 0 Å². The van der Waals surface area contributed by atoms with Crippen molar-refractivity contribution in [2.24, 2.45) is 0 Å². The van der Waals surface area contributed by atoms with Crippen molar-refractivity contribution in [3.63, 3.8) is 0 Å². The Morgan fingerprint density at radius 1 is 1.32 bits per heavy atom. The lowest BCUT2D eigenvalue weighted by atomic mass is 10.2. The van der Waals surface area contributed by atoms with E-state index in [0.29, 0.717) is 25.3 Å². The Morgan fingerprint density at radius 3 is 2.47 bits per heavy atom. The van der Waals surface area contributed by atoms with Crippen molar-refractivity contribution in [3.05, 3.63) is 0 Å². The number of nitrogens with one attached hydrogen (secondary N) is 2. The van der Waals surface area contributed by atoms with Gasteiger partial charge in [-0.3, -0.25) is 9.27 Å². The summed E-state index contributed by atoms with van der Waals surface area (Å²) in [6, 6.07) is 0. The molecule has 0 radical (unpaired) electrons. The van der Waals surface area contributed by atoms with Crippen LogP contribution in [0.4, 0.5) is 4.79 Å². The third-order valence-electron chi connectivity index (χ3n) is 1.65. The third kappa shape index (κ3) is 15.4. The monoisotopic (exact) mass is 314 g/mol. The first-order chi connectivity index (χ1) is 8.60. The van der Waals surface area contributed by atoms with E-state index in [1.807, 2.05) is 0 Å². The second-order valence-electron chi connectivity index (χ2n) is 4.81. The molecule has 0 saturated carbocycles. The summed E-state index contributed by atoms with van der Waals surface area (Å²) in [7, 11) is -3.86. The highest BCUT2D eigenvalue weighted by Gasteiger charge is 2.15. The molecule has 0 bridgehead atoms. The summed E-state index contributed by atoms with van der Waals surface area (Å²) < 4.78 is 37.3. The molecule has 114 valence electrons. The minimum atomic E-state index is -3.86. The van der Waals surface area contributed by atoms with E-state index in [9.17, 15) is 13.2 Å². The SMILES string of the molecule is CC(C)(C)OC(=O)NCCNSCCCS(=O)(=O)O. The highest BCUT2D eigenvalue weighted by molar-refractivity contribution is 7.97. The van der Waals surface area contributed by atoms with Crippen molar-refractivity contribution >= 4 is 28.2 Å². The standard InChI is InChI=1S/C10H22N2O5S2/c1-10(2,3)17-9(13)11-5-6-12-18-7-4-8-19(14,15)16/h12H,4-8H2,1-3H3,(H,11,13)(H,14,15,16). The molecular weight excluding hydrogens is 292 g/mol. The molecule has 0 unspecified atom stereocenters. The molecule has 0 heterocycles. The van der Waals surface area contributed by atoms with Gasteiger partial charge in [0.1, 0.15) is 5.60 Å². The highest BCUT2D eigenvalue weighted by Crippen LogP contribution is 2.06. The van der Waals surface area contributed by atoms with Crippen LogP contribution in [-0.2, 0) is 14.9 Å². The van der Waals surface area contributed by atoms with Crippen LogP contribution in [0.25, 0.3) is 0 Å². The highest BCUT2D eigenvalue weighted by atomic mass is 32.2. The van der Waals surface area contributed by atoms with Crippen LogP contribution >= 0.6 is 11.9 Å². The molecule has 0 aliphatic carbocycles. The van der Waals surface area contributed by atoms with Crippen LogP contribution in [0.1, 0.15) is 27.2 Å². The number of ether oxygens (including phenoxy) is 1. The number of hydrogen-bond acceptors (Lipinski definition) is 6. The fourth-order valence-corrected chi connectivity index (χ4v) is 2.36. The minimum Gasteiger partial charge on any atom is -0.444 e. The maximum Gasteiger partial charge on any atom is 0.407 e. The van der Waals surface area contributed by atoms with Crippen LogP contribution in [0.2, 0.25) is 0 Å². The summed E-state index contributed by atoms with van der Waals surface area (Å²) in [5.41, 5.74) is -0.512. The van der Waals surface area contributed by atoms with Crippen molar-refractivity contribution in [1.29, 1.82) is 0 Å². The number of carbonyl (C=O) groups excluding carboxylic acids is 1. The molecule has 1 amide bonds. The first-order valence-electron chi connectivity index (χ1n) is 5.87. The lowest BCUT2D eigenvalue weighted by Crippen LogP contribution is -2.35. The molecular formula is C10H22N2O5S2. The molecule has 0 aromatic rings. The second kappa shape index (κ2) is 8.62. The fraction of sp³-hybridized carbons (Fsp3) is 0.900. The van der Waals surface area contributed by atoms with Gasteiger partial charge < -0.3 is 10.1 Å². The molecule has 0 aromatic heterocycles. The average molecular weight is 314 g/mol. The van der Waals surface area contributed by atoms with Crippen molar-refractivity contribution in [2.75, 3.05) is 24.6 Å². The Hall–Kier alpha value is -0.510. The molecule has 0 spiro atoms. The zero-order valence-electron chi connectivity index (χ0n) is 11.4. The Morgan fingerprint density at radius 2 is 1.95 bits per heavy atom. The van der Waals surface area contributed by atoms with Crippen molar-refractivity contribution in [2.45, 2.75) is 32.8 Å². The van der Waals surface area contributed by atoms with E-state index in [0.717, 1.165) is 0 Å². The zero-order valence-corrected chi connectivity index (χ0v) is 13.1. The molecule has 0 saturated heterocycles. The molecule has 19 heavy (non-hydrogen) atoms. The summed E-state index contributed by atoms with van der Waals surface area (Å²) in [6.45, 7) is 6.32. The largest absolute Gasteiger partial charge is 0.444 e. The summed E-state index contributed by atoms with van der Waals surface area (Å²) in [5, 5.41) is 2.58. The number of hydrogen-bond donors (Lipinski definition) is 3. The molecule has 9 heteroatoms. The van der Waals surface area contributed by atoms with Gasteiger partial charge in [-0.1, -0.05) is 11.9 Å². The number of alkyl carbamates (subject to hydrolysis) is 1. The summed E-state index contributed by atoms with van der Waals surface area (Å²) in [4.78, 5) is 11.2. The Kier molecular flexibility index (Phi) is 8.39. The zero-order chi connectivity index (χ0) is 14.9.